The average Bonchev–Trinajstić information content (AvgIpc) is 3.22. The maximum absolute atomic E-state index is 5.40. The molecule has 2 aromatic heterocycles. The van der Waals surface area contributed by atoms with Crippen LogP contribution in [0.5, 0.6) is 5.88 Å². The summed E-state index contributed by atoms with van der Waals surface area (Å²) >= 11 is 1.72. The van der Waals surface area contributed by atoms with E-state index in [9.17, 15) is 0 Å². The van der Waals surface area contributed by atoms with E-state index in [2.05, 4.69) is 25.6 Å². The van der Waals surface area contributed by atoms with Crippen LogP contribution >= 0.6 is 11.8 Å². The van der Waals surface area contributed by atoms with Gasteiger partial charge in [0.1, 0.15) is 11.1 Å². The van der Waals surface area contributed by atoms with Gasteiger partial charge in [-0.1, -0.05) is 0 Å². The molecule has 7 nitrogen and oxygen atoms in total. The lowest BCUT2D eigenvalue weighted by Crippen LogP contribution is -2.16. The number of ether oxygens (including phenoxy) is 2. The predicted octanol–water partition coefficient (Wildman–Crippen LogP) is 1.98. The molecule has 3 heterocycles. The minimum absolute atomic E-state index is 0.137. The molecule has 0 aliphatic carbocycles. The molecule has 0 bridgehead atoms. The molecule has 8 heteroatoms. The number of rotatable bonds is 6. The Morgan fingerprint density at radius 1 is 1.43 bits per heavy atom. The molecule has 1 atom stereocenters. The molecule has 21 heavy (non-hydrogen) atoms. The molecule has 0 amide bonds. The first-order chi connectivity index (χ1) is 10.3. The zero-order valence-corrected chi connectivity index (χ0v) is 12.7. The SMILES string of the molecule is COCCn1cc(N2C=CSC2c2cn[nH]c2)c(OC)n1. The van der Waals surface area contributed by atoms with Gasteiger partial charge in [-0.15, -0.1) is 16.9 Å². The number of nitrogens with zero attached hydrogens (tertiary/aromatic N) is 4. The maximum Gasteiger partial charge on any atom is 0.256 e. The number of nitrogens with one attached hydrogen (secondary N) is 1. The molecule has 1 aliphatic rings. The smallest absolute Gasteiger partial charge is 0.256 e. The molecule has 112 valence electrons. The molecule has 2 aromatic rings. The second-order valence-electron chi connectivity index (χ2n) is 4.49. The molecule has 0 spiro atoms. The van der Waals surface area contributed by atoms with E-state index in [1.165, 1.54) is 0 Å². The van der Waals surface area contributed by atoms with E-state index in [4.69, 9.17) is 9.47 Å². The van der Waals surface area contributed by atoms with Crippen LogP contribution in [-0.2, 0) is 11.3 Å². The van der Waals surface area contributed by atoms with Gasteiger partial charge in [0.05, 0.1) is 32.7 Å². The van der Waals surface area contributed by atoms with Crippen LogP contribution in [0.3, 0.4) is 0 Å². The molecule has 0 fully saturated rings. The molecule has 1 N–H and O–H groups in total. The van der Waals surface area contributed by atoms with Crippen molar-refractivity contribution in [3.63, 3.8) is 0 Å². The molecule has 1 aliphatic heterocycles. The number of aromatic nitrogens is 4. The van der Waals surface area contributed by atoms with E-state index < -0.39 is 0 Å². The quantitative estimate of drug-likeness (QED) is 0.880. The average molecular weight is 307 g/mol. The summed E-state index contributed by atoms with van der Waals surface area (Å²) in [5, 5.41) is 13.5. The van der Waals surface area contributed by atoms with Gasteiger partial charge in [-0.2, -0.15) is 5.10 Å². The highest BCUT2D eigenvalue weighted by Crippen LogP contribution is 2.44. The molecular formula is C13H17N5O2S. The van der Waals surface area contributed by atoms with Crippen LogP contribution < -0.4 is 9.64 Å². The van der Waals surface area contributed by atoms with E-state index in [1.54, 1.807) is 26.0 Å². The third kappa shape index (κ3) is 2.77. The normalized spacial score (nSPS) is 17.6. The highest BCUT2D eigenvalue weighted by molar-refractivity contribution is 8.02. The van der Waals surface area contributed by atoms with Crippen molar-refractivity contribution in [2.24, 2.45) is 0 Å². The van der Waals surface area contributed by atoms with Crippen molar-refractivity contribution in [1.82, 2.24) is 20.0 Å². The molecule has 0 radical (unpaired) electrons. The Morgan fingerprint density at radius 3 is 3.05 bits per heavy atom. The van der Waals surface area contributed by atoms with E-state index in [1.807, 2.05) is 29.5 Å². The standard InChI is InChI=1S/C13H17N5O2S/c1-19-5-3-17-9-11(12(16-17)20-2)18-4-6-21-13(18)10-7-14-15-8-10/h4,6-9,13H,3,5H2,1-2H3,(H,14,15). The van der Waals surface area contributed by atoms with Crippen molar-refractivity contribution in [2.75, 3.05) is 25.7 Å². The largest absolute Gasteiger partial charge is 0.478 e. The van der Waals surface area contributed by atoms with Crippen LogP contribution in [-0.4, -0.2) is 40.8 Å². The fraction of sp³-hybridized carbons (Fsp3) is 0.385. The zero-order valence-electron chi connectivity index (χ0n) is 11.9. The monoisotopic (exact) mass is 307 g/mol. The van der Waals surface area contributed by atoms with Crippen LogP contribution in [0.1, 0.15) is 10.9 Å². The number of aromatic amines is 1. The van der Waals surface area contributed by atoms with E-state index >= 15 is 0 Å². The summed E-state index contributed by atoms with van der Waals surface area (Å²) in [4.78, 5) is 2.13. The maximum atomic E-state index is 5.40. The highest BCUT2D eigenvalue weighted by Gasteiger charge is 2.28. The zero-order chi connectivity index (χ0) is 14.7. The summed E-state index contributed by atoms with van der Waals surface area (Å²) in [7, 11) is 3.31. The Hall–Kier alpha value is -1.93. The van der Waals surface area contributed by atoms with Gasteiger partial charge in [0, 0.05) is 25.1 Å². The first-order valence-corrected chi connectivity index (χ1v) is 7.47. The van der Waals surface area contributed by atoms with E-state index in [0.29, 0.717) is 19.0 Å². The van der Waals surface area contributed by atoms with Crippen LogP contribution in [0, 0.1) is 0 Å². The van der Waals surface area contributed by atoms with Crippen molar-refractivity contribution in [2.45, 2.75) is 11.9 Å². The minimum atomic E-state index is 0.137. The molecule has 0 aromatic carbocycles. The molecule has 0 saturated heterocycles. The van der Waals surface area contributed by atoms with Gasteiger partial charge < -0.3 is 14.4 Å². The van der Waals surface area contributed by atoms with Crippen molar-refractivity contribution in [1.29, 1.82) is 0 Å². The molecular weight excluding hydrogens is 290 g/mol. The lowest BCUT2D eigenvalue weighted by molar-refractivity contribution is 0.183. The topological polar surface area (TPSA) is 68.2 Å². The lowest BCUT2D eigenvalue weighted by atomic mass is 10.3. The van der Waals surface area contributed by atoms with Crippen LogP contribution in [0.25, 0.3) is 0 Å². The van der Waals surface area contributed by atoms with Crippen LogP contribution in [0.15, 0.2) is 30.2 Å². The lowest BCUT2D eigenvalue weighted by Gasteiger charge is -2.22. The minimum Gasteiger partial charge on any atom is -0.478 e. The Kier molecular flexibility index (Phi) is 4.16. The van der Waals surface area contributed by atoms with Crippen LogP contribution in [0.4, 0.5) is 5.69 Å². The van der Waals surface area contributed by atoms with E-state index in [0.717, 1.165) is 11.3 Å². The Labute approximate surface area is 126 Å². The summed E-state index contributed by atoms with van der Waals surface area (Å²) < 4.78 is 12.3. The summed E-state index contributed by atoms with van der Waals surface area (Å²) in [5.41, 5.74) is 2.04. The van der Waals surface area contributed by atoms with Gasteiger partial charge in [0.2, 0.25) is 0 Å². The first kappa shape index (κ1) is 14.0. The van der Waals surface area contributed by atoms with Crippen molar-refractivity contribution >= 4 is 17.4 Å². The van der Waals surface area contributed by atoms with Crippen molar-refractivity contribution < 1.29 is 9.47 Å². The first-order valence-electron chi connectivity index (χ1n) is 6.53. The fourth-order valence-electron chi connectivity index (χ4n) is 2.18. The third-order valence-corrected chi connectivity index (χ3v) is 4.23. The van der Waals surface area contributed by atoms with Crippen LogP contribution in [0.2, 0.25) is 0 Å². The number of H-pyrrole nitrogens is 1. The number of thioether (sulfide) groups is 1. The summed E-state index contributed by atoms with van der Waals surface area (Å²) in [6.07, 6.45) is 7.74. The second kappa shape index (κ2) is 6.23. The van der Waals surface area contributed by atoms with Crippen molar-refractivity contribution in [3.8, 4) is 5.88 Å². The highest BCUT2D eigenvalue weighted by atomic mass is 32.2. The Balaban J connectivity index is 1.87. The second-order valence-corrected chi connectivity index (χ2v) is 5.48. The van der Waals surface area contributed by atoms with E-state index in [-0.39, 0.29) is 5.37 Å². The van der Waals surface area contributed by atoms with Gasteiger partial charge in [0.25, 0.3) is 5.88 Å². The number of hydrogen-bond donors (Lipinski definition) is 1. The number of anilines is 1. The predicted molar refractivity (Wildman–Crippen MR) is 81.2 cm³/mol. The Morgan fingerprint density at radius 2 is 2.33 bits per heavy atom. The van der Waals surface area contributed by atoms with Gasteiger partial charge in [-0.05, 0) is 5.41 Å². The fourth-order valence-corrected chi connectivity index (χ4v) is 3.13. The van der Waals surface area contributed by atoms with Gasteiger partial charge >= 0.3 is 0 Å². The molecule has 0 saturated carbocycles. The molecule has 1 unspecified atom stereocenters. The van der Waals surface area contributed by atoms with Gasteiger partial charge in [-0.3, -0.25) is 9.78 Å². The molecule has 3 rings (SSSR count). The van der Waals surface area contributed by atoms with Crippen molar-refractivity contribution in [3.05, 3.63) is 35.8 Å². The van der Waals surface area contributed by atoms with Gasteiger partial charge in [0.15, 0.2) is 0 Å². The number of methoxy groups -OCH3 is 2. The third-order valence-electron chi connectivity index (χ3n) is 3.19. The number of hydrogen-bond acceptors (Lipinski definition) is 6. The Bertz CT molecular complexity index is 610. The summed E-state index contributed by atoms with van der Waals surface area (Å²) in [6.45, 7) is 1.30. The summed E-state index contributed by atoms with van der Waals surface area (Å²) in [5.74, 6) is 0.603. The summed E-state index contributed by atoms with van der Waals surface area (Å²) in [6, 6.07) is 0. The van der Waals surface area contributed by atoms with Gasteiger partial charge in [-0.25, -0.2) is 0 Å².